The molecule has 2 aromatic rings. The number of halogens is 1. The Balaban J connectivity index is 2.42. The van der Waals surface area contributed by atoms with Gasteiger partial charge < -0.3 is 4.79 Å². The van der Waals surface area contributed by atoms with Crippen molar-refractivity contribution in [2.24, 2.45) is 5.92 Å². The number of rotatable bonds is 8. The van der Waals surface area contributed by atoms with Gasteiger partial charge >= 0.3 is 0 Å². The van der Waals surface area contributed by atoms with Crippen LogP contribution in [0.5, 0.6) is 0 Å². The molecular weight excluding hydrogens is 355 g/mol. The summed E-state index contributed by atoms with van der Waals surface area (Å²) < 4.78 is 13.3. The fraction of sp³-hybridized carbons (Fsp3) is 0.391. The van der Waals surface area contributed by atoms with Crippen molar-refractivity contribution in [3.63, 3.8) is 0 Å². The van der Waals surface area contributed by atoms with Gasteiger partial charge in [0.1, 0.15) is 17.4 Å². The minimum Gasteiger partial charge on any atom is -0.300 e. The zero-order valence-electron chi connectivity index (χ0n) is 17.1. The van der Waals surface area contributed by atoms with Gasteiger partial charge in [-0.3, -0.25) is 4.79 Å². The Morgan fingerprint density at radius 1 is 1.07 bits per heavy atom. The molecule has 5 heteroatoms. The predicted octanol–water partition coefficient (Wildman–Crippen LogP) is 5.30. The highest BCUT2D eigenvalue weighted by Gasteiger charge is 2.16. The van der Waals surface area contributed by atoms with Gasteiger partial charge in [0.2, 0.25) is 0 Å². The van der Waals surface area contributed by atoms with Crippen molar-refractivity contribution < 1.29 is 14.0 Å². The van der Waals surface area contributed by atoms with Gasteiger partial charge in [-0.05, 0) is 62.1 Å². The molecule has 0 radical (unpaired) electrons. The molecule has 0 amide bonds. The third-order valence-electron chi connectivity index (χ3n) is 4.37. The molecule has 148 valence electrons. The third kappa shape index (κ3) is 5.91. The summed E-state index contributed by atoms with van der Waals surface area (Å²) in [5.74, 6) is 0.482. The summed E-state index contributed by atoms with van der Waals surface area (Å²) in [7, 11) is 0. The lowest BCUT2D eigenvalue weighted by Gasteiger charge is -2.15. The SMILES string of the molecule is CC(=O)C[C@H](C)CC(=O)/C=C/c1c(-c2ccc(F)cc2)nc(C)nc1C(C)C. The van der Waals surface area contributed by atoms with E-state index in [-0.39, 0.29) is 29.2 Å². The highest BCUT2D eigenvalue weighted by molar-refractivity contribution is 5.95. The van der Waals surface area contributed by atoms with Gasteiger partial charge in [-0.15, -0.1) is 0 Å². The van der Waals surface area contributed by atoms with E-state index in [2.05, 4.69) is 9.97 Å². The molecule has 4 nitrogen and oxygen atoms in total. The minimum atomic E-state index is -0.315. The second-order valence-electron chi connectivity index (χ2n) is 7.60. The number of carbonyl (C=O) groups is 2. The van der Waals surface area contributed by atoms with Crippen LogP contribution in [0.25, 0.3) is 17.3 Å². The van der Waals surface area contributed by atoms with Crippen LogP contribution in [0.3, 0.4) is 0 Å². The standard InChI is InChI=1S/C23H27FN2O2/c1-14(2)22-21(11-10-20(28)13-15(3)12-16(4)27)23(26-17(5)25-22)18-6-8-19(24)9-7-18/h6-11,14-15H,12-13H2,1-5H3/b11-10+/t15-/m0/s1. The Hall–Kier alpha value is -2.69. The van der Waals surface area contributed by atoms with E-state index in [0.717, 1.165) is 16.8 Å². The first-order valence-corrected chi connectivity index (χ1v) is 9.52. The average Bonchev–Trinajstić information content (AvgIpc) is 2.59. The second-order valence-corrected chi connectivity index (χ2v) is 7.60. The predicted molar refractivity (Wildman–Crippen MR) is 109 cm³/mol. The molecule has 1 aromatic heterocycles. The summed E-state index contributed by atoms with van der Waals surface area (Å²) in [5, 5.41) is 0. The number of nitrogens with zero attached hydrogens (tertiary/aromatic N) is 2. The monoisotopic (exact) mass is 382 g/mol. The lowest BCUT2D eigenvalue weighted by molar-refractivity contribution is -0.118. The van der Waals surface area contributed by atoms with Crippen LogP contribution in [0.1, 0.15) is 63.5 Å². The van der Waals surface area contributed by atoms with Crippen LogP contribution in [-0.4, -0.2) is 21.5 Å². The summed E-state index contributed by atoms with van der Waals surface area (Å²) in [5.41, 5.74) is 3.05. The van der Waals surface area contributed by atoms with Crippen LogP contribution in [0.15, 0.2) is 30.3 Å². The van der Waals surface area contributed by atoms with Crippen LogP contribution in [0.2, 0.25) is 0 Å². The lowest BCUT2D eigenvalue weighted by atomic mass is 9.96. The summed E-state index contributed by atoms with van der Waals surface area (Å²) in [6.45, 7) is 9.31. The maximum absolute atomic E-state index is 13.3. The molecule has 1 heterocycles. The van der Waals surface area contributed by atoms with Crippen molar-refractivity contribution in [3.05, 3.63) is 53.2 Å². The van der Waals surface area contributed by atoms with E-state index >= 15 is 0 Å². The van der Waals surface area contributed by atoms with Crippen LogP contribution >= 0.6 is 0 Å². The summed E-state index contributed by atoms with van der Waals surface area (Å²) in [4.78, 5) is 32.7. The number of aromatic nitrogens is 2. The zero-order valence-corrected chi connectivity index (χ0v) is 17.1. The lowest BCUT2D eigenvalue weighted by Crippen LogP contribution is -2.07. The topological polar surface area (TPSA) is 59.9 Å². The van der Waals surface area contributed by atoms with Gasteiger partial charge in [-0.1, -0.05) is 20.8 Å². The molecule has 0 unspecified atom stereocenters. The van der Waals surface area contributed by atoms with Gasteiger partial charge in [-0.2, -0.15) is 0 Å². The maximum atomic E-state index is 13.3. The maximum Gasteiger partial charge on any atom is 0.155 e. The molecule has 0 N–H and O–H groups in total. The van der Waals surface area contributed by atoms with Crippen LogP contribution in [0, 0.1) is 18.7 Å². The van der Waals surface area contributed by atoms with Gasteiger partial charge in [0.05, 0.1) is 11.4 Å². The number of hydrogen-bond acceptors (Lipinski definition) is 4. The third-order valence-corrected chi connectivity index (χ3v) is 4.37. The van der Waals surface area contributed by atoms with E-state index < -0.39 is 0 Å². The quantitative estimate of drug-likeness (QED) is 0.581. The summed E-state index contributed by atoms with van der Waals surface area (Å²) in [6, 6.07) is 6.14. The van der Waals surface area contributed by atoms with E-state index in [1.807, 2.05) is 27.7 Å². The number of allylic oxidation sites excluding steroid dienone is 1. The first-order chi connectivity index (χ1) is 13.2. The molecule has 2 rings (SSSR count). The number of hydrogen-bond donors (Lipinski definition) is 0. The number of aryl methyl sites for hydroxylation is 1. The molecule has 0 aliphatic rings. The molecule has 0 aliphatic heterocycles. The first-order valence-electron chi connectivity index (χ1n) is 9.52. The fourth-order valence-corrected chi connectivity index (χ4v) is 3.19. The summed E-state index contributed by atoms with van der Waals surface area (Å²) in [6.07, 6.45) is 3.98. The van der Waals surface area contributed by atoms with Gasteiger partial charge in [0, 0.05) is 24.0 Å². The van der Waals surface area contributed by atoms with Crippen molar-refractivity contribution in [2.45, 2.75) is 53.4 Å². The number of ketones is 2. The van der Waals surface area contributed by atoms with Crippen molar-refractivity contribution in [1.82, 2.24) is 9.97 Å². The van der Waals surface area contributed by atoms with Crippen molar-refractivity contribution in [1.29, 1.82) is 0 Å². The zero-order chi connectivity index (χ0) is 20.8. The molecule has 0 aliphatic carbocycles. The molecule has 0 fully saturated rings. The molecule has 1 aromatic carbocycles. The molecule has 0 spiro atoms. The molecule has 0 bridgehead atoms. The smallest absolute Gasteiger partial charge is 0.155 e. The van der Waals surface area contributed by atoms with Gasteiger partial charge in [-0.25, -0.2) is 14.4 Å². The molecule has 28 heavy (non-hydrogen) atoms. The first kappa shape index (κ1) is 21.6. The molecule has 0 saturated carbocycles. The number of Topliss-reactive ketones (excluding diaryl/α,β-unsaturated/α-hetero) is 1. The Kier molecular flexibility index (Phi) is 7.32. The van der Waals surface area contributed by atoms with Crippen molar-refractivity contribution in [3.8, 4) is 11.3 Å². The van der Waals surface area contributed by atoms with Crippen LogP contribution in [0.4, 0.5) is 4.39 Å². The van der Waals surface area contributed by atoms with E-state index in [0.29, 0.717) is 24.4 Å². The fourth-order valence-electron chi connectivity index (χ4n) is 3.19. The molecule has 0 saturated heterocycles. The van der Waals surface area contributed by atoms with E-state index in [9.17, 15) is 14.0 Å². The number of benzene rings is 1. The highest BCUT2D eigenvalue weighted by atomic mass is 19.1. The second kappa shape index (κ2) is 9.49. The largest absolute Gasteiger partial charge is 0.300 e. The minimum absolute atomic E-state index is 0.00468. The normalized spacial score (nSPS) is 12.5. The van der Waals surface area contributed by atoms with E-state index in [1.165, 1.54) is 25.1 Å². The Morgan fingerprint density at radius 3 is 2.29 bits per heavy atom. The van der Waals surface area contributed by atoms with Gasteiger partial charge in [0.25, 0.3) is 0 Å². The van der Waals surface area contributed by atoms with Crippen molar-refractivity contribution >= 4 is 17.6 Å². The Bertz CT molecular complexity index is 886. The molecular formula is C23H27FN2O2. The Labute approximate surface area is 165 Å². The van der Waals surface area contributed by atoms with Gasteiger partial charge in [0.15, 0.2) is 5.78 Å². The van der Waals surface area contributed by atoms with Crippen LogP contribution < -0.4 is 0 Å². The highest BCUT2D eigenvalue weighted by Crippen LogP contribution is 2.29. The number of carbonyl (C=O) groups excluding carboxylic acids is 2. The van der Waals surface area contributed by atoms with Crippen LogP contribution in [-0.2, 0) is 9.59 Å². The van der Waals surface area contributed by atoms with E-state index in [4.69, 9.17) is 0 Å². The Morgan fingerprint density at radius 2 is 1.71 bits per heavy atom. The molecule has 1 atom stereocenters. The van der Waals surface area contributed by atoms with Crippen molar-refractivity contribution in [2.75, 3.05) is 0 Å². The van der Waals surface area contributed by atoms with E-state index in [1.54, 1.807) is 18.2 Å². The summed E-state index contributed by atoms with van der Waals surface area (Å²) >= 11 is 0. The average molecular weight is 382 g/mol.